The number of unbranched alkanes of at least 4 members (excludes halogenated alkanes) is 9. The summed E-state index contributed by atoms with van der Waals surface area (Å²) in [7, 11) is 0. The van der Waals surface area contributed by atoms with Crippen molar-refractivity contribution >= 4 is 58.7 Å². The maximum Gasteiger partial charge on any atom is 0.329 e. The Bertz CT molecular complexity index is 1730. The van der Waals surface area contributed by atoms with Crippen LogP contribution in [0.25, 0.3) is 22.3 Å². The largest absolute Gasteiger partial charge is 0.425 e. The van der Waals surface area contributed by atoms with Crippen molar-refractivity contribution in [1.82, 2.24) is 0 Å². The Labute approximate surface area is 375 Å². The number of rotatable bonds is 25. The number of halogens is 2. The third-order valence-corrected chi connectivity index (χ3v) is 14.0. The highest BCUT2D eigenvalue weighted by molar-refractivity contribution is 7.99. The van der Waals surface area contributed by atoms with Crippen molar-refractivity contribution in [3.05, 3.63) is 97.1 Å². The van der Waals surface area contributed by atoms with E-state index in [0.717, 1.165) is 35.1 Å². The van der Waals surface area contributed by atoms with E-state index in [1.54, 1.807) is 0 Å². The van der Waals surface area contributed by atoms with Crippen LogP contribution in [0.1, 0.15) is 125 Å². The number of ether oxygens (including phenoxy) is 2. The van der Waals surface area contributed by atoms with Gasteiger partial charge in [-0.25, -0.2) is 0 Å². The number of benzene rings is 4. The molecule has 4 aromatic carbocycles. The highest BCUT2D eigenvalue weighted by Gasteiger charge is 2.24. The van der Waals surface area contributed by atoms with Crippen LogP contribution < -0.4 is 9.47 Å². The van der Waals surface area contributed by atoms with Crippen molar-refractivity contribution in [2.75, 3.05) is 11.5 Å². The van der Waals surface area contributed by atoms with Gasteiger partial charge in [0.1, 0.15) is 22.3 Å². The van der Waals surface area contributed by atoms with E-state index in [4.69, 9.17) is 32.7 Å². The number of hydrogen-bond acceptors (Lipinski definition) is 6. The number of esters is 2. The van der Waals surface area contributed by atoms with Crippen molar-refractivity contribution in [2.45, 2.75) is 146 Å². The summed E-state index contributed by atoms with van der Waals surface area (Å²) in [5.74, 6) is 2.85. The van der Waals surface area contributed by atoms with E-state index in [1.807, 2.05) is 99.7 Å². The zero-order chi connectivity index (χ0) is 42.8. The molecule has 2 unspecified atom stereocenters. The first kappa shape index (κ1) is 50.5. The molecular weight excluding hydrogens is 812 g/mol. The number of carbonyl (C=O) groups is 2. The fourth-order valence-corrected chi connectivity index (χ4v) is 8.38. The lowest BCUT2D eigenvalue weighted by Gasteiger charge is -2.15. The molecule has 0 saturated carbocycles. The van der Waals surface area contributed by atoms with Gasteiger partial charge < -0.3 is 9.47 Å². The number of carbonyl (C=O) groups excluding carboxylic acids is 2. The molecule has 4 rings (SSSR count). The van der Waals surface area contributed by atoms with E-state index in [2.05, 4.69) is 62.4 Å². The molecule has 8 heteroatoms. The molecule has 0 spiro atoms. The molecule has 0 amide bonds. The van der Waals surface area contributed by atoms with Crippen LogP contribution in [0.5, 0.6) is 11.5 Å². The van der Waals surface area contributed by atoms with Crippen molar-refractivity contribution in [3.63, 3.8) is 0 Å². The van der Waals surface area contributed by atoms with Gasteiger partial charge in [-0.3, -0.25) is 9.59 Å². The van der Waals surface area contributed by atoms with E-state index in [-0.39, 0.29) is 23.8 Å². The Hall–Kier alpha value is -2.90. The summed E-state index contributed by atoms with van der Waals surface area (Å²) in [5.41, 5.74) is 4.52. The molecular formula is C51H68Cl2O4S2. The molecule has 0 fully saturated rings. The molecule has 0 aromatic heterocycles. The molecule has 4 nitrogen and oxygen atoms in total. The van der Waals surface area contributed by atoms with Gasteiger partial charge in [0, 0.05) is 9.79 Å². The van der Waals surface area contributed by atoms with E-state index < -0.39 is 10.8 Å². The SMILES string of the molecule is CCCCCCCCSc1ccc(-c2ccc(OC(=O)[C@@H](Cl)C(C)CC)cc2)cc1.CCCCCCCSc1ccc(-c2ccc(OC(=O)[C@@H](Cl)C(C)CC)cc2)cc1. The van der Waals surface area contributed by atoms with Gasteiger partial charge in [-0.05, 0) is 107 Å². The van der Waals surface area contributed by atoms with Crippen LogP contribution >= 0.6 is 46.7 Å². The van der Waals surface area contributed by atoms with E-state index in [9.17, 15) is 9.59 Å². The Morgan fingerprint density at radius 3 is 1.05 bits per heavy atom. The molecule has 0 heterocycles. The van der Waals surface area contributed by atoms with Gasteiger partial charge in [0.05, 0.1) is 0 Å². The van der Waals surface area contributed by atoms with Crippen molar-refractivity contribution in [2.24, 2.45) is 11.8 Å². The molecule has 0 saturated heterocycles. The first-order valence-electron chi connectivity index (χ1n) is 22.0. The van der Waals surface area contributed by atoms with Crippen LogP contribution in [0.4, 0.5) is 0 Å². The van der Waals surface area contributed by atoms with Gasteiger partial charge in [0.15, 0.2) is 0 Å². The molecule has 0 N–H and O–H groups in total. The molecule has 4 aromatic rings. The van der Waals surface area contributed by atoms with Gasteiger partial charge in [-0.15, -0.1) is 46.7 Å². The summed E-state index contributed by atoms with van der Waals surface area (Å²) in [6.45, 7) is 12.4. The fourth-order valence-electron chi connectivity index (χ4n) is 6.11. The number of alkyl halides is 2. The molecule has 0 bridgehead atoms. The van der Waals surface area contributed by atoms with E-state index >= 15 is 0 Å². The average molecular weight is 880 g/mol. The van der Waals surface area contributed by atoms with Gasteiger partial charge >= 0.3 is 11.9 Å². The highest BCUT2D eigenvalue weighted by atomic mass is 35.5. The maximum absolute atomic E-state index is 12.1. The van der Waals surface area contributed by atoms with Crippen LogP contribution in [0.2, 0.25) is 0 Å². The Morgan fingerprint density at radius 1 is 0.458 bits per heavy atom. The lowest BCUT2D eigenvalue weighted by Crippen LogP contribution is -2.26. The second-order valence-electron chi connectivity index (χ2n) is 15.4. The predicted molar refractivity (Wildman–Crippen MR) is 257 cm³/mol. The summed E-state index contributed by atoms with van der Waals surface area (Å²) in [5, 5.41) is -1.23. The lowest BCUT2D eigenvalue weighted by molar-refractivity contribution is -0.135. The lowest BCUT2D eigenvalue weighted by atomic mass is 10.0. The summed E-state index contributed by atoms with van der Waals surface area (Å²) in [6.07, 6.45) is 16.3. The Balaban J connectivity index is 0.000000316. The molecule has 322 valence electrons. The number of hydrogen-bond donors (Lipinski definition) is 0. The normalized spacial score (nSPS) is 13.1. The van der Waals surface area contributed by atoms with Crippen LogP contribution in [0, 0.1) is 11.8 Å². The topological polar surface area (TPSA) is 52.6 Å². The smallest absolute Gasteiger partial charge is 0.329 e. The van der Waals surface area contributed by atoms with Crippen molar-refractivity contribution in [3.8, 4) is 33.8 Å². The highest BCUT2D eigenvalue weighted by Crippen LogP contribution is 2.29. The van der Waals surface area contributed by atoms with E-state index in [0.29, 0.717) is 11.5 Å². The second kappa shape index (κ2) is 29.4. The quantitative estimate of drug-likeness (QED) is 0.0217. The molecule has 0 radical (unpaired) electrons. The van der Waals surface area contributed by atoms with Gasteiger partial charge in [0.2, 0.25) is 0 Å². The third kappa shape index (κ3) is 19.1. The molecule has 0 aliphatic rings. The van der Waals surface area contributed by atoms with Crippen LogP contribution in [0.3, 0.4) is 0 Å². The average Bonchev–Trinajstić information content (AvgIpc) is 3.27. The minimum Gasteiger partial charge on any atom is -0.425 e. The summed E-state index contributed by atoms with van der Waals surface area (Å²) in [4.78, 5) is 26.9. The maximum atomic E-state index is 12.1. The fraction of sp³-hybridized carbons (Fsp3) is 0.490. The van der Waals surface area contributed by atoms with Crippen LogP contribution in [-0.2, 0) is 9.59 Å². The molecule has 0 aliphatic heterocycles. The molecule has 0 aliphatic carbocycles. The summed E-state index contributed by atoms with van der Waals surface area (Å²) >= 11 is 16.2. The summed E-state index contributed by atoms with van der Waals surface area (Å²) < 4.78 is 10.8. The molecule has 59 heavy (non-hydrogen) atoms. The zero-order valence-electron chi connectivity index (χ0n) is 36.4. The van der Waals surface area contributed by atoms with Gasteiger partial charge in [0.25, 0.3) is 0 Å². The minimum atomic E-state index is -0.615. The van der Waals surface area contributed by atoms with Crippen molar-refractivity contribution in [1.29, 1.82) is 0 Å². The second-order valence-corrected chi connectivity index (χ2v) is 18.7. The minimum absolute atomic E-state index is 0.0934. The zero-order valence-corrected chi connectivity index (χ0v) is 39.5. The van der Waals surface area contributed by atoms with Crippen LogP contribution in [-0.4, -0.2) is 34.2 Å². The Kier molecular flexibility index (Phi) is 25.1. The summed E-state index contributed by atoms with van der Waals surface area (Å²) in [6, 6.07) is 32.6. The third-order valence-electron chi connectivity index (χ3n) is 10.5. The first-order valence-corrected chi connectivity index (χ1v) is 24.8. The van der Waals surface area contributed by atoms with Crippen LogP contribution in [0.15, 0.2) is 107 Å². The first-order chi connectivity index (χ1) is 28.6. The van der Waals surface area contributed by atoms with Gasteiger partial charge in [-0.2, -0.15) is 0 Å². The van der Waals surface area contributed by atoms with Crippen molar-refractivity contribution < 1.29 is 19.1 Å². The number of thioether (sulfide) groups is 2. The molecule has 4 atom stereocenters. The standard InChI is InChI=1S/C26H35ClO2S.C25H33ClO2S/c1-4-6-7-8-9-10-19-30-24-17-13-22(14-18-24)21-11-15-23(16-12-21)29-26(28)25(27)20(3)5-2;1-4-6-7-8-9-18-29-23-16-12-21(13-17-23)20-10-14-22(15-11-20)28-25(27)24(26)19(3)5-2/h11-18,20,25H,4-10,19H2,1-3H3;10-17,19,24H,4-9,18H2,1-3H3/t20?,25-;19?,24-/m00/s1. The predicted octanol–water partition coefficient (Wildman–Crippen LogP) is 16.3. The Morgan fingerprint density at radius 2 is 0.746 bits per heavy atom. The van der Waals surface area contributed by atoms with E-state index in [1.165, 1.54) is 91.9 Å². The monoisotopic (exact) mass is 878 g/mol. The van der Waals surface area contributed by atoms with Gasteiger partial charge in [-0.1, -0.05) is 161 Å².